The fourth-order valence-electron chi connectivity index (χ4n) is 1.73. The Balaban J connectivity index is 2.19. The van der Waals surface area contributed by atoms with Crippen LogP contribution in [0.3, 0.4) is 0 Å². The van der Waals surface area contributed by atoms with E-state index in [0.29, 0.717) is 0 Å². The molecule has 0 bridgehead atoms. The number of benzene rings is 1. The van der Waals surface area contributed by atoms with Crippen molar-refractivity contribution in [2.45, 2.75) is 26.3 Å². The highest BCUT2D eigenvalue weighted by Crippen LogP contribution is 2.29. The summed E-state index contributed by atoms with van der Waals surface area (Å²) in [7, 11) is 0. The Labute approximate surface area is 128 Å². The second-order valence-corrected chi connectivity index (χ2v) is 7.28. The van der Waals surface area contributed by atoms with Crippen molar-refractivity contribution in [2.75, 3.05) is 0 Å². The molecule has 0 aliphatic heterocycles. The zero-order valence-electron chi connectivity index (χ0n) is 10.2. The number of nitrogens with zero attached hydrogens (tertiary/aromatic N) is 1. The Morgan fingerprint density at radius 1 is 1.33 bits per heavy atom. The number of hydrogen-bond donors (Lipinski definition) is 1. The molecule has 0 spiro atoms. The third-order valence-electron chi connectivity index (χ3n) is 2.83. The Morgan fingerprint density at radius 3 is 2.61 bits per heavy atom. The number of hydrogen-bond acceptors (Lipinski definition) is 3. The van der Waals surface area contributed by atoms with Crippen molar-refractivity contribution >= 4 is 43.2 Å². The topological polar surface area (TPSA) is 38.9 Å². The fraction of sp³-hybridized carbons (Fsp3) is 0.308. The fourth-order valence-corrected chi connectivity index (χ4v) is 4.06. The SMILES string of the molecule is Cc1nc(CC(N)c2ccc(Br)cc2Br)sc1C. The summed E-state index contributed by atoms with van der Waals surface area (Å²) in [5.74, 6) is 0. The summed E-state index contributed by atoms with van der Waals surface area (Å²) in [5.41, 5.74) is 8.48. The van der Waals surface area contributed by atoms with Gasteiger partial charge in [0.15, 0.2) is 0 Å². The van der Waals surface area contributed by atoms with E-state index in [4.69, 9.17) is 5.73 Å². The molecule has 2 rings (SSSR count). The van der Waals surface area contributed by atoms with Gasteiger partial charge in [-0.05, 0) is 31.5 Å². The van der Waals surface area contributed by atoms with E-state index in [1.807, 2.05) is 25.1 Å². The van der Waals surface area contributed by atoms with Gasteiger partial charge in [0.05, 0.1) is 10.7 Å². The standard InChI is InChI=1S/C13H14Br2N2S/c1-7-8(2)18-13(17-7)6-12(16)10-4-3-9(14)5-11(10)15/h3-5,12H,6,16H2,1-2H3. The van der Waals surface area contributed by atoms with Crippen LogP contribution in [-0.4, -0.2) is 4.98 Å². The predicted molar refractivity (Wildman–Crippen MR) is 84.1 cm³/mol. The molecule has 1 aromatic heterocycles. The molecule has 96 valence electrons. The zero-order valence-corrected chi connectivity index (χ0v) is 14.2. The largest absolute Gasteiger partial charge is 0.324 e. The number of halogens is 2. The molecule has 0 radical (unpaired) electrons. The minimum absolute atomic E-state index is 0.0302. The van der Waals surface area contributed by atoms with Crippen molar-refractivity contribution in [3.63, 3.8) is 0 Å². The van der Waals surface area contributed by atoms with Gasteiger partial charge in [-0.1, -0.05) is 37.9 Å². The monoisotopic (exact) mass is 388 g/mol. The van der Waals surface area contributed by atoms with Crippen molar-refractivity contribution in [1.82, 2.24) is 4.98 Å². The average molecular weight is 390 g/mol. The van der Waals surface area contributed by atoms with Crippen LogP contribution in [0.4, 0.5) is 0 Å². The number of nitrogens with two attached hydrogens (primary N) is 1. The van der Waals surface area contributed by atoms with Gasteiger partial charge in [-0.25, -0.2) is 4.98 Å². The molecule has 0 aliphatic carbocycles. The van der Waals surface area contributed by atoms with E-state index in [-0.39, 0.29) is 6.04 Å². The minimum Gasteiger partial charge on any atom is -0.324 e. The average Bonchev–Trinajstić information content (AvgIpc) is 2.57. The van der Waals surface area contributed by atoms with Gasteiger partial charge in [-0.15, -0.1) is 11.3 Å². The van der Waals surface area contributed by atoms with Crippen LogP contribution in [0.25, 0.3) is 0 Å². The quantitative estimate of drug-likeness (QED) is 0.837. The van der Waals surface area contributed by atoms with Crippen LogP contribution in [0, 0.1) is 13.8 Å². The first kappa shape index (κ1) is 14.2. The summed E-state index contributed by atoms with van der Waals surface area (Å²) >= 11 is 8.73. The minimum atomic E-state index is -0.0302. The number of aryl methyl sites for hydroxylation is 2. The highest BCUT2D eigenvalue weighted by Gasteiger charge is 2.13. The van der Waals surface area contributed by atoms with Gasteiger partial charge in [0.25, 0.3) is 0 Å². The van der Waals surface area contributed by atoms with Gasteiger partial charge in [0.1, 0.15) is 0 Å². The summed E-state index contributed by atoms with van der Waals surface area (Å²) in [5, 5.41) is 1.10. The van der Waals surface area contributed by atoms with Crippen molar-refractivity contribution in [1.29, 1.82) is 0 Å². The van der Waals surface area contributed by atoms with Crippen LogP contribution in [0.2, 0.25) is 0 Å². The normalized spacial score (nSPS) is 12.7. The molecule has 1 atom stereocenters. The molecule has 2 aromatic rings. The number of aromatic nitrogens is 1. The van der Waals surface area contributed by atoms with Crippen LogP contribution in [-0.2, 0) is 6.42 Å². The summed E-state index contributed by atoms with van der Waals surface area (Å²) in [6, 6.07) is 6.05. The second kappa shape index (κ2) is 5.82. The van der Waals surface area contributed by atoms with Gasteiger partial charge in [0, 0.05) is 26.3 Å². The van der Waals surface area contributed by atoms with Crippen LogP contribution in [0.1, 0.15) is 27.2 Å². The van der Waals surface area contributed by atoms with Crippen molar-refractivity contribution in [3.05, 3.63) is 48.3 Å². The smallest absolute Gasteiger partial charge is 0.0949 e. The van der Waals surface area contributed by atoms with Gasteiger partial charge >= 0.3 is 0 Å². The van der Waals surface area contributed by atoms with Crippen LogP contribution < -0.4 is 5.73 Å². The summed E-state index contributed by atoms with van der Waals surface area (Å²) in [6.07, 6.45) is 0.777. The Morgan fingerprint density at radius 2 is 2.06 bits per heavy atom. The third-order valence-corrected chi connectivity index (χ3v) is 5.10. The van der Waals surface area contributed by atoms with Crippen molar-refractivity contribution < 1.29 is 0 Å². The van der Waals surface area contributed by atoms with E-state index in [2.05, 4.69) is 43.8 Å². The highest BCUT2D eigenvalue weighted by atomic mass is 79.9. The molecule has 1 heterocycles. The molecule has 0 amide bonds. The van der Waals surface area contributed by atoms with E-state index in [1.54, 1.807) is 11.3 Å². The molecular weight excluding hydrogens is 376 g/mol. The van der Waals surface area contributed by atoms with Gasteiger partial charge < -0.3 is 5.73 Å². The zero-order chi connectivity index (χ0) is 13.3. The summed E-state index contributed by atoms with van der Waals surface area (Å²) in [4.78, 5) is 5.81. The van der Waals surface area contributed by atoms with Crippen LogP contribution in [0.15, 0.2) is 27.1 Å². The molecule has 1 aromatic carbocycles. The van der Waals surface area contributed by atoms with Crippen LogP contribution >= 0.6 is 43.2 Å². The molecule has 1 unspecified atom stereocenters. The maximum Gasteiger partial charge on any atom is 0.0949 e. The highest BCUT2D eigenvalue weighted by molar-refractivity contribution is 9.11. The second-order valence-electron chi connectivity index (χ2n) is 4.23. The van der Waals surface area contributed by atoms with E-state index >= 15 is 0 Å². The number of thiazole rings is 1. The van der Waals surface area contributed by atoms with Gasteiger partial charge in [-0.2, -0.15) is 0 Å². The predicted octanol–water partition coefficient (Wildman–Crippen LogP) is 4.53. The Kier molecular flexibility index (Phi) is 4.59. The Hall–Kier alpha value is -0.230. The number of rotatable bonds is 3. The van der Waals surface area contributed by atoms with E-state index in [0.717, 1.165) is 31.6 Å². The molecule has 5 heteroatoms. The molecule has 0 saturated heterocycles. The maximum atomic E-state index is 6.26. The lowest BCUT2D eigenvalue weighted by Gasteiger charge is -2.12. The van der Waals surface area contributed by atoms with Crippen molar-refractivity contribution in [3.8, 4) is 0 Å². The third kappa shape index (κ3) is 3.20. The van der Waals surface area contributed by atoms with E-state index < -0.39 is 0 Å². The lowest BCUT2D eigenvalue weighted by atomic mass is 10.1. The van der Waals surface area contributed by atoms with Gasteiger partial charge in [0.2, 0.25) is 0 Å². The molecule has 18 heavy (non-hydrogen) atoms. The molecule has 0 aliphatic rings. The van der Waals surface area contributed by atoms with Crippen molar-refractivity contribution in [2.24, 2.45) is 5.73 Å². The Bertz CT molecular complexity index is 547. The van der Waals surface area contributed by atoms with Crippen LogP contribution in [0.5, 0.6) is 0 Å². The first-order chi connectivity index (χ1) is 8.47. The first-order valence-corrected chi connectivity index (χ1v) is 8.01. The van der Waals surface area contributed by atoms with Gasteiger partial charge in [-0.3, -0.25) is 0 Å². The summed E-state index contributed by atoms with van der Waals surface area (Å²) < 4.78 is 2.08. The van der Waals surface area contributed by atoms with E-state index in [1.165, 1.54) is 4.88 Å². The first-order valence-electron chi connectivity index (χ1n) is 5.61. The van der Waals surface area contributed by atoms with E-state index in [9.17, 15) is 0 Å². The molecule has 0 saturated carbocycles. The molecule has 2 nitrogen and oxygen atoms in total. The molecular formula is C13H14Br2N2S. The molecule has 0 fully saturated rings. The molecule has 2 N–H and O–H groups in total. The lowest BCUT2D eigenvalue weighted by Crippen LogP contribution is -2.13. The lowest BCUT2D eigenvalue weighted by molar-refractivity contribution is 0.713. The maximum absolute atomic E-state index is 6.26. The summed E-state index contributed by atoms with van der Waals surface area (Å²) in [6.45, 7) is 4.13.